The van der Waals surface area contributed by atoms with Crippen molar-refractivity contribution < 1.29 is 9.59 Å². The summed E-state index contributed by atoms with van der Waals surface area (Å²) in [6, 6.07) is 11.6. The quantitative estimate of drug-likeness (QED) is 0.790. The molecule has 0 saturated carbocycles. The fourth-order valence-corrected chi connectivity index (χ4v) is 2.67. The number of benzene rings is 2. The van der Waals surface area contributed by atoms with Crippen LogP contribution in [0.3, 0.4) is 0 Å². The van der Waals surface area contributed by atoms with E-state index in [1.165, 1.54) is 0 Å². The van der Waals surface area contributed by atoms with Gasteiger partial charge in [0.1, 0.15) is 6.04 Å². The molecule has 0 unspecified atom stereocenters. The van der Waals surface area contributed by atoms with Crippen LogP contribution in [0.2, 0.25) is 10.0 Å². The maximum absolute atomic E-state index is 12.2. The van der Waals surface area contributed by atoms with Crippen molar-refractivity contribution in [1.82, 2.24) is 0 Å². The first-order chi connectivity index (χ1) is 11.0. The lowest BCUT2D eigenvalue weighted by atomic mass is 10.1. The minimum atomic E-state index is -0.650. The molecular weight excluding hydrogens is 337 g/mol. The molecule has 3 N–H and O–H groups in total. The average molecular weight is 350 g/mol. The van der Waals surface area contributed by atoms with Crippen LogP contribution in [-0.2, 0) is 9.59 Å². The number of para-hydroxylation sites is 2. The zero-order valence-corrected chi connectivity index (χ0v) is 13.4. The Morgan fingerprint density at radius 3 is 2.61 bits per heavy atom. The third-order valence-electron chi connectivity index (χ3n) is 3.45. The number of amides is 2. The molecule has 2 aromatic rings. The Balaban J connectivity index is 1.69. The summed E-state index contributed by atoms with van der Waals surface area (Å²) >= 11 is 11.9. The van der Waals surface area contributed by atoms with Gasteiger partial charge in [-0.25, -0.2) is 0 Å². The molecule has 118 valence electrons. The maximum atomic E-state index is 12.2. The summed E-state index contributed by atoms with van der Waals surface area (Å²) in [7, 11) is 0. The first-order valence-corrected chi connectivity index (χ1v) is 7.70. The van der Waals surface area contributed by atoms with Gasteiger partial charge in [0.2, 0.25) is 11.8 Å². The Labute approximate surface area is 143 Å². The van der Waals surface area contributed by atoms with Crippen molar-refractivity contribution in [2.75, 3.05) is 16.0 Å². The Morgan fingerprint density at radius 1 is 1.09 bits per heavy atom. The topological polar surface area (TPSA) is 70.2 Å². The molecule has 2 aromatic carbocycles. The molecule has 23 heavy (non-hydrogen) atoms. The van der Waals surface area contributed by atoms with Gasteiger partial charge in [0.15, 0.2) is 0 Å². The summed E-state index contributed by atoms with van der Waals surface area (Å²) < 4.78 is 0. The highest BCUT2D eigenvalue weighted by Gasteiger charge is 2.27. The number of nitrogens with one attached hydrogen (secondary N) is 3. The van der Waals surface area contributed by atoms with E-state index >= 15 is 0 Å². The van der Waals surface area contributed by atoms with E-state index in [-0.39, 0.29) is 23.3 Å². The Bertz CT molecular complexity index is 780. The van der Waals surface area contributed by atoms with Crippen LogP contribution in [0.4, 0.5) is 17.1 Å². The number of fused-ring (bicyclic) bond motifs is 1. The van der Waals surface area contributed by atoms with Crippen LogP contribution in [0.25, 0.3) is 0 Å². The summed E-state index contributed by atoms with van der Waals surface area (Å²) in [6.07, 6.45) is -0.0248. The monoisotopic (exact) mass is 349 g/mol. The van der Waals surface area contributed by atoms with E-state index in [4.69, 9.17) is 23.2 Å². The van der Waals surface area contributed by atoms with Gasteiger partial charge in [0.05, 0.1) is 33.5 Å². The van der Waals surface area contributed by atoms with Crippen molar-refractivity contribution in [2.24, 2.45) is 0 Å². The second-order valence-electron chi connectivity index (χ2n) is 5.09. The highest BCUT2D eigenvalue weighted by atomic mass is 35.5. The molecule has 1 heterocycles. The Morgan fingerprint density at radius 2 is 1.83 bits per heavy atom. The zero-order valence-electron chi connectivity index (χ0n) is 11.9. The zero-order chi connectivity index (χ0) is 16.4. The van der Waals surface area contributed by atoms with Gasteiger partial charge in [-0.1, -0.05) is 41.4 Å². The fraction of sp³-hybridized carbons (Fsp3) is 0.125. The van der Waals surface area contributed by atoms with Crippen molar-refractivity contribution in [3.8, 4) is 0 Å². The van der Waals surface area contributed by atoms with Gasteiger partial charge in [-0.05, 0) is 24.3 Å². The van der Waals surface area contributed by atoms with Crippen LogP contribution in [-0.4, -0.2) is 17.9 Å². The first kappa shape index (κ1) is 15.6. The second kappa shape index (κ2) is 6.48. The molecule has 2 amide bonds. The number of anilines is 3. The molecule has 5 nitrogen and oxygen atoms in total. The van der Waals surface area contributed by atoms with Gasteiger partial charge in [-0.15, -0.1) is 0 Å². The molecule has 3 rings (SSSR count). The van der Waals surface area contributed by atoms with E-state index in [9.17, 15) is 9.59 Å². The van der Waals surface area contributed by atoms with E-state index in [1.807, 2.05) is 18.2 Å². The van der Waals surface area contributed by atoms with Crippen molar-refractivity contribution >= 4 is 52.1 Å². The third-order valence-corrected chi connectivity index (χ3v) is 4.27. The van der Waals surface area contributed by atoms with Crippen molar-refractivity contribution in [1.29, 1.82) is 0 Å². The van der Waals surface area contributed by atoms with Crippen molar-refractivity contribution in [3.63, 3.8) is 0 Å². The van der Waals surface area contributed by atoms with E-state index in [0.717, 1.165) is 5.69 Å². The standard InChI is InChI=1S/C16H13Cl2N3O2/c17-9-4-3-7-12(15(9)18)20-14(22)8-13-16(23)21-11-6-2-1-5-10(11)19-13/h1-7,13,19H,8H2,(H,20,22)(H,21,23)/t13-/m1/s1. The van der Waals surface area contributed by atoms with Crippen LogP contribution >= 0.6 is 23.2 Å². The predicted molar refractivity (Wildman–Crippen MR) is 92.2 cm³/mol. The second-order valence-corrected chi connectivity index (χ2v) is 5.87. The average Bonchev–Trinajstić information content (AvgIpc) is 2.52. The Hall–Kier alpha value is -2.24. The lowest BCUT2D eigenvalue weighted by molar-refractivity contribution is -0.122. The molecule has 0 radical (unpaired) electrons. The van der Waals surface area contributed by atoms with Crippen LogP contribution in [0.1, 0.15) is 6.42 Å². The first-order valence-electron chi connectivity index (χ1n) is 6.95. The van der Waals surface area contributed by atoms with Gasteiger partial charge in [-0.2, -0.15) is 0 Å². The lowest BCUT2D eigenvalue weighted by Gasteiger charge is -2.26. The Kier molecular flexibility index (Phi) is 4.41. The van der Waals surface area contributed by atoms with Crippen LogP contribution in [0.5, 0.6) is 0 Å². The van der Waals surface area contributed by atoms with Gasteiger partial charge < -0.3 is 16.0 Å². The minimum Gasteiger partial charge on any atom is -0.372 e. The number of halogens is 2. The normalized spacial score (nSPS) is 16.1. The summed E-state index contributed by atoms with van der Waals surface area (Å²) in [5.41, 5.74) is 1.90. The molecule has 0 aromatic heterocycles. The summed E-state index contributed by atoms with van der Waals surface area (Å²) in [6.45, 7) is 0. The van der Waals surface area contributed by atoms with E-state index in [0.29, 0.717) is 16.4 Å². The number of carbonyl (C=O) groups excluding carboxylic acids is 2. The molecule has 1 aliphatic rings. The fourth-order valence-electron chi connectivity index (χ4n) is 2.32. The SMILES string of the molecule is O=C(C[C@H]1Nc2ccccc2NC1=O)Nc1cccc(Cl)c1Cl. The van der Waals surface area contributed by atoms with Crippen molar-refractivity contribution in [2.45, 2.75) is 12.5 Å². The highest BCUT2D eigenvalue weighted by molar-refractivity contribution is 6.44. The molecular formula is C16H13Cl2N3O2. The number of hydrogen-bond donors (Lipinski definition) is 3. The summed E-state index contributed by atoms with van der Waals surface area (Å²) in [5, 5.41) is 9.12. The van der Waals surface area contributed by atoms with Gasteiger partial charge in [0, 0.05) is 0 Å². The third kappa shape index (κ3) is 3.41. The van der Waals surface area contributed by atoms with Gasteiger partial charge in [-0.3, -0.25) is 9.59 Å². The molecule has 0 aliphatic carbocycles. The lowest BCUT2D eigenvalue weighted by Crippen LogP contribution is -2.41. The van der Waals surface area contributed by atoms with Gasteiger partial charge >= 0.3 is 0 Å². The summed E-state index contributed by atoms with van der Waals surface area (Å²) in [5.74, 6) is -0.586. The van der Waals surface area contributed by atoms with E-state index < -0.39 is 6.04 Å². The molecule has 0 bridgehead atoms. The maximum Gasteiger partial charge on any atom is 0.247 e. The molecule has 7 heteroatoms. The van der Waals surface area contributed by atoms with E-state index in [1.54, 1.807) is 24.3 Å². The van der Waals surface area contributed by atoms with Crippen LogP contribution < -0.4 is 16.0 Å². The highest BCUT2D eigenvalue weighted by Crippen LogP contribution is 2.30. The minimum absolute atomic E-state index is 0.0248. The number of hydrogen-bond acceptors (Lipinski definition) is 3. The number of carbonyl (C=O) groups is 2. The van der Waals surface area contributed by atoms with Crippen LogP contribution in [0.15, 0.2) is 42.5 Å². The molecule has 0 saturated heterocycles. The number of rotatable bonds is 3. The van der Waals surface area contributed by atoms with Crippen LogP contribution in [0, 0.1) is 0 Å². The molecule has 1 atom stereocenters. The molecule has 0 fully saturated rings. The predicted octanol–water partition coefficient (Wildman–Crippen LogP) is 3.75. The smallest absolute Gasteiger partial charge is 0.247 e. The van der Waals surface area contributed by atoms with Crippen molar-refractivity contribution in [3.05, 3.63) is 52.5 Å². The largest absolute Gasteiger partial charge is 0.372 e. The van der Waals surface area contributed by atoms with Gasteiger partial charge in [0.25, 0.3) is 0 Å². The van der Waals surface area contributed by atoms with E-state index in [2.05, 4.69) is 16.0 Å². The molecule has 0 spiro atoms. The molecule has 1 aliphatic heterocycles. The summed E-state index contributed by atoms with van der Waals surface area (Å²) in [4.78, 5) is 24.2.